The summed E-state index contributed by atoms with van der Waals surface area (Å²) in [4.78, 5) is 25.3. The Hall–Kier alpha value is -2.93. The molecule has 2 aromatic heterocycles. The summed E-state index contributed by atoms with van der Waals surface area (Å²) in [6.07, 6.45) is 2.34. The molecule has 1 aliphatic rings. The second kappa shape index (κ2) is 5.61. The molecule has 0 bridgehead atoms. The maximum atomic E-state index is 12.0. The summed E-state index contributed by atoms with van der Waals surface area (Å²) >= 11 is 0. The molecule has 0 radical (unpaired) electrons. The molecule has 3 heterocycles. The van der Waals surface area contributed by atoms with Gasteiger partial charge in [0.15, 0.2) is 0 Å². The first kappa shape index (κ1) is 14.6. The predicted octanol–water partition coefficient (Wildman–Crippen LogP) is 1.78. The number of nitrogens with zero attached hydrogens (tertiary/aromatic N) is 3. The van der Waals surface area contributed by atoms with Crippen molar-refractivity contribution in [2.45, 2.75) is 5.54 Å². The number of pyridine rings is 1. The number of carboxylic acid groups (broad SMARTS) is 1. The molecule has 122 valence electrons. The molecule has 0 aliphatic carbocycles. The van der Waals surface area contributed by atoms with Crippen molar-refractivity contribution < 1.29 is 9.90 Å². The van der Waals surface area contributed by atoms with Crippen LogP contribution in [0.15, 0.2) is 48.9 Å². The van der Waals surface area contributed by atoms with Gasteiger partial charge in [-0.3, -0.25) is 9.88 Å². The first-order chi connectivity index (χ1) is 11.7. The highest BCUT2D eigenvalue weighted by Crippen LogP contribution is 2.36. The van der Waals surface area contributed by atoms with Crippen molar-refractivity contribution >= 4 is 17.1 Å². The van der Waals surface area contributed by atoms with E-state index in [-0.39, 0.29) is 0 Å². The van der Waals surface area contributed by atoms with E-state index in [9.17, 15) is 9.90 Å². The molecule has 0 saturated carbocycles. The van der Waals surface area contributed by atoms with Gasteiger partial charge in [-0.1, -0.05) is 30.3 Å². The molecule has 1 saturated heterocycles. The van der Waals surface area contributed by atoms with E-state index in [0.29, 0.717) is 25.3 Å². The maximum Gasteiger partial charge on any atom is 0.408 e. The molecule has 3 N–H and O–H groups in total. The molecule has 24 heavy (non-hydrogen) atoms. The van der Waals surface area contributed by atoms with Crippen molar-refractivity contribution in [1.82, 2.24) is 25.2 Å². The van der Waals surface area contributed by atoms with Crippen LogP contribution in [0.3, 0.4) is 0 Å². The highest BCUT2D eigenvalue weighted by Gasteiger charge is 2.46. The van der Waals surface area contributed by atoms with E-state index < -0.39 is 11.6 Å². The van der Waals surface area contributed by atoms with Gasteiger partial charge in [0.2, 0.25) is 0 Å². The van der Waals surface area contributed by atoms with Gasteiger partial charge >= 0.3 is 6.09 Å². The third-order valence-corrected chi connectivity index (χ3v) is 4.57. The molecule has 7 heteroatoms. The Morgan fingerprint density at radius 1 is 1.25 bits per heavy atom. The topological polar surface area (TPSA) is 94.1 Å². The number of rotatable bonds is 2. The zero-order chi connectivity index (χ0) is 16.6. The summed E-state index contributed by atoms with van der Waals surface area (Å²) in [7, 11) is 0. The summed E-state index contributed by atoms with van der Waals surface area (Å²) in [6.45, 7) is 1.48. The molecule has 1 fully saturated rings. The van der Waals surface area contributed by atoms with Gasteiger partial charge < -0.3 is 15.4 Å². The minimum Gasteiger partial charge on any atom is -0.465 e. The summed E-state index contributed by atoms with van der Waals surface area (Å²) in [6, 6.07) is 11.5. The average Bonchev–Trinajstić information content (AvgIpc) is 3.10. The monoisotopic (exact) mass is 323 g/mol. The van der Waals surface area contributed by atoms with E-state index in [1.165, 1.54) is 4.90 Å². The van der Waals surface area contributed by atoms with Gasteiger partial charge in [0.25, 0.3) is 0 Å². The number of imidazole rings is 1. The standard InChI is InChI=1S/C17H17N5O2/c23-16(24)22-7-6-18-10-17(22,12-4-2-1-3-5-12)15-8-13-14(9-19-15)21-11-20-13/h1-5,8-9,11,18H,6-7,10H2,(H,20,21)(H,23,24). The largest absolute Gasteiger partial charge is 0.465 e. The Balaban J connectivity index is 1.97. The normalized spacial score (nSPS) is 21.1. The van der Waals surface area contributed by atoms with Crippen LogP contribution in [-0.2, 0) is 5.54 Å². The number of benzene rings is 1. The van der Waals surface area contributed by atoms with Crippen LogP contribution >= 0.6 is 0 Å². The quantitative estimate of drug-likeness (QED) is 0.668. The number of nitrogens with one attached hydrogen (secondary N) is 2. The van der Waals surface area contributed by atoms with Gasteiger partial charge in [-0.15, -0.1) is 0 Å². The van der Waals surface area contributed by atoms with E-state index in [1.54, 1.807) is 12.5 Å². The van der Waals surface area contributed by atoms with Crippen LogP contribution in [0.1, 0.15) is 11.3 Å². The lowest BCUT2D eigenvalue weighted by Crippen LogP contribution is -2.61. The Kier molecular flexibility index (Phi) is 3.42. The van der Waals surface area contributed by atoms with Gasteiger partial charge in [-0.25, -0.2) is 9.78 Å². The fraction of sp³-hybridized carbons (Fsp3) is 0.235. The lowest BCUT2D eigenvalue weighted by atomic mass is 9.82. The molecule has 1 amide bonds. The molecule has 1 atom stereocenters. The van der Waals surface area contributed by atoms with Crippen molar-refractivity contribution in [3.63, 3.8) is 0 Å². The molecule has 3 aromatic rings. The van der Waals surface area contributed by atoms with Crippen molar-refractivity contribution in [2.75, 3.05) is 19.6 Å². The third kappa shape index (κ3) is 2.13. The SMILES string of the molecule is O=C(O)N1CCNCC1(c1ccccc1)c1cc2[nH]cnc2cn1. The number of fused-ring (bicyclic) bond motifs is 1. The number of aromatic nitrogens is 3. The Bertz CT molecular complexity index is 879. The van der Waals surface area contributed by atoms with Crippen LogP contribution in [0, 0.1) is 0 Å². The first-order valence-electron chi connectivity index (χ1n) is 7.78. The fourth-order valence-electron chi connectivity index (χ4n) is 3.42. The van der Waals surface area contributed by atoms with Crippen LogP contribution in [0.25, 0.3) is 11.0 Å². The maximum absolute atomic E-state index is 12.0. The zero-order valence-corrected chi connectivity index (χ0v) is 12.9. The Morgan fingerprint density at radius 3 is 2.88 bits per heavy atom. The van der Waals surface area contributed by atoms with Crippen LogP contribution in [0.4, 0.5) is 4.79 Å². The van der Waals surface area contributed by atoms with Crippen molar-refractivity contribution in [2.24, 2.45) is 0 Å². The molecule has 4 rings (SSSR count). The van der Waals surface area contributed by atoms with Gasteiger partial charge in [0, 0.05) is 19.6 Å². The molecule has 0 spiro atoms. The summed E-state index contributed by atoms with van der Waals surface area (Å²) in [5.74, 6) is 0. The van der Waals surface area contributed by atoms with Crippen molar-refractivity contribution in [1.29, 1.82) is 0 Å². The molecule has 1 aliphatic heterocycles. The molecular formula is C17H17N5O2. The van der Waals surface area contributed by atoms with Gasteiger partial charge in [-0.2, -0.15) is 0 Å². The number of carbonyl (C=O) groups is 1. The zero-order valence-electron chi connectivity index (χ0n) is 12.9. The van der Waals surface area contributed by atoms with Crippen LogP contribution in [0.2, 0.25) is 0 Å². The van der Waals surface area contributed by atoms with Crippen molar-refractivity contribution in [3.8, 4) is 0 Å². The van der Waals surface area contributed by atoms with E-state index in [0.717, 1.165) is 16.6 Å². The fourth-order valence-corrected chi connectivity index (χ4v) is 3.42. The lowest BCUT2D eigenvalue weighted by Gasteiger charge is -2.45. The van der Waals surface area contributed by atoms with Crippen LogP contribution in [0.5, 0.6) is 0 Å². The van der Waals surface area contributed by atoms with E-state index in [4.69, 9.17) is 0 Å². The molecule has 1 aromatic carbocycles. The van der Waals surface area contributed by atoms with Crippen LogP contribution < -0.4 is 5.32 Å². The Labute approximate surface area is 138 Å². The summed E-state index contributed by atoms with van der Waals surface area (Å²) in [5, 5.41) is 13.1. The number of piperazine rings is 1. The average molecular weight is 323 g/mol. The summed E-state index contributed by atoms with van der Waals surface area (Å²) in [5.41, 5.74) is 2.30. The van der Waals surface area contributed by atoms with Gasteiger partial charge in [0.05, 0.1) is 23.7 Å². The Morgan fingerprint density at radius 2 is 2.08 bits per heavy atom. The minimum absolute atomic E-state index is 0.396. The van der Waals surface area contributed by atoms with E-state index in [1.807, 2.05) is 36.4 Å². The first-order valence-corrected chi connectivity index (χ1v) is 7.78. The van der Waals surface area contributed by atoms with Gasteiger partial charge in [0.1, 0.15) is 11.1 Å². The highest BCUT2D eigenvalue weighted by molar-refractivity contribution is 5.75. The van der Waals surface area contributed by atoms with Crippen molar-refractivity contribution in [3.05, 3.63) is 60.2 Å². The number of H-pyrrole nitrogens is 1. The lowest BCUT2D eigenvalue weighted by molar-refractivity contribution is 0.0744. The smallest absolute Gasteiger partial charge is 0.408 e. The number of hydrogen-bond donors (Lipinski definition) is 3. The highest BCUT2D eigenvalue weighted by atomic mass is 16.4. The number of aromatic amines is 1. The number of hydrogen-bond acceptors (Lipinski definition) is 4. The van der Waals surface area contributed by atoms with Crippen LogP contribution in [-0.4, -0.2) is 50.7 Å². The molecular weight excluding hydrogens is 306 g/mol. The minimum atomic E-state index is -0.952. The van der Waals surface area contributed by atoms with E-state index in [2.05, 4.69) is 20.3 Å². The second-order valence-corrected chi connectivity index (χ2v) is 5.83. The summed E-state index contributed by atoms with van der Waals surface area (Å²) < 4.78 is 0. The second-order valence-electron chi connectivity index (χ2n) is 5.83. The third-order valence-electron chi connectivity index (χ3n) is 4.57. The predicted molar refractivity (Wildman–Crippen MR) is 88.7 cm³/mol. The van der Waals surface area contributed by atoms with E-state index >= 15 is 0 Å². The molecule has 1 unspecified atom stereocenters. The van der Waals surface area contributed by atoms with Gasteiger partial charge in [-0.05, 0) is 11.6 Å². The number of amides is 1. The molecule has 7 nitrogen and oxygen atoms in total.